The predicted octanol–water partition coefficient (Wildman–Crippen LogP) is 1.87. The van der Waals surface area contributed by atoms with Crippen LogP contribution in [0.3, 0.4) is 0 Å². The summed E-state index contributed by atoms with van der Waals surface area (Å²) in [5.74, 6) is 1.61. The number of hydrogen-bond acceptors (Lipinski definition) is 4. The molecule has 5 heteroatoms. The second-order valence-corrected chi connectivity index (χ2v) is 5.13. The van der Waals surface area contributed by atoms with Gasteiger partial charge in [0.05, 0.1) is 5.69 Å². The Balaban J connectivity index is 1.84. The number of likely N-dealkylation sites (tertiary alicyclic amines) is 1. The summed E-state index contributed by atoms with van der Waals surface area (Å²) >= 11 is 0. The lowest BCUT2D eigenvalue weighted by Crippen LogP contribution is -2.18. The maximum absolute atomic E-state index is 4.56. The third kappa shape index (κ3) is 2.66. The second kappa shape index (κ2) is 5.09. The van der Waals surface area contributed by atoms with E-state index in [4.69, 9.17) is 0 Å². The zero-order valence-electron chi connectivity index (χ0n) is 11.5. The third-order valence-corrected chi connectivity index (χ3v) is 3.59. The van der Waals surface area contributed by atoms with Gasteiger partial charge < -0.3 is 0 Å². The van der Waals surface area contributed by atoms with E-state index in [0.29, 0.717) is 0 Å². The Morgan fingerprint density at radius 2 is 2.00 bits per heavy atom. The monoisotopic (exact) mass is 257 g/mol. The fourth-order valence-electron chi connectivity index (χ4n) is 2.52. The lowest BCUT2D eigenvalue weighted by molar-refractivity contribution is 0.330. The van der Waals surface area contributed by atoms with Gasteiger partial charge in [-0.25, -0.2) is 14.6 Å². The Morgan fingerprint density at radius 3 is 2.74 bits per heavy atom. The molecule has 1 aliphatic rings. The molecule has 2 aromatic heterocycles. The molecule has 0 spiro atoms. The quantitative estimate of drug-likeness (QED) is 0.842. The molecule has 0 atom stereocenters. The second-order valence-electron chi connectivity index (χ2n) is 5.13. The van der Waals surface area contributed by atoms with Crippen molar-refractivity contribution in [3.63, 3.8) is 0 Å². The molecule has 0 saturated carbocycles. The van der Waals surface area contributed by atoms with Gasteiger partial charge in [0.25, 0.3) is 0 Å². The maximum Gasteiger partial charge on any atom is 0.156 e. The van der Waals surface area contributed by atoms with Crippen LogP contribution < -0.4 is 0 Å². The van der Waals surface area contributed by atoms with Gasteiger partial charge in [0, 0.05) is 30.6 Å². The highest BCUT2D eigenvalue weighted by Gasteiger charge is 2.15. The fraction of sp³-hybridized carbons (Fsp3) is 0.500. The van der Waals surface area contributed by atoms with Gasteiger partial charge in [0.2, 0.25) is 0 Å². The molecule has 0 radical (unpaired) electrons. The molecule has 0 bridgehead atoms. The molecule has 0 aliphatic carbocycles. The van der Waals surface area contributed by atoms with Gasteiger partial charge in [-0.05, 0) is 39.8 Å². The van der Waals surface area contributed by atoms with E-state index in [2.05, 4.69) is 33.1 Å². The summed E-state index contributed by atoms with van der Waals surface area (Å²) in [6.45, 7) is 7.37. The van der Waals surface area contributed by atoms with Crippen molar-refractivity contribution in [2.24, 2.45) is 0 Å². The van der Waals surface area contributed by atoms with Crippen LogP contribution in [-0.2, 0) is 6.54 Å². The van der Waals surface area contributed by atoms with Gasteiger partial charge >= 0.3 is 0 Å². The van der Waals surface area contributed by atoms with Crippen LogP contribution in [0.2, 0.25) is 0 Å². The molecule has 0 amide bonds. The third-order valence-electron chi connectivity index (χ3n) is 3.59. The van der Waals surface area contributed by atoms with E-state index in [1.54, 1.807) is 6.20 Å². The SMILES string of the molecule is Cc1nccc(-n2cc(CN3CCCC3)c(C)n2)n1. The summed E-state index contributed by atoms with van der Waals surface area (Å²) in [6.07, 6.45) is 6.50. The van der Waals surface area contributed by atoms with Crippen molar-refractivity contribution in [2.75, 3.05) is 13.1 Å². The Morgan fingerprint density at radius 1 is 1.21 bits per heavy atom. The lowest BCUT2D eigenvalue weighted by Gasteiger charge is -2.13. The first-order valence-electron chi connectivity index (χ1n) is 6.80. The molecule has 0 N–H and O–H groups in total. The molecule has 5 nitrogen and oxygen atoms in total. The summed E-state index contributed by atoms with van der Waals surface area (Å²) in [4.78, 5) is 11.0. The number of nitrogens with zero attached hydrogens (tertiary/aromatic N) is 5. The van der Waals surface area contributed by atoms with Gasteiger partial charge in [0.1, 0.15) is 5.82 Å². The van der Waals surface area contributed by atoms with E-state index in [9.17, 15) is 0 Å². The van der Waals surface area contributed by atoms with Gasteiger partial charge in [-0.2, -0.15) is 5.10 Å². The van der Waals surface area contributed by atoms with Crippen LogP contribution >= 0.6 is 0 Å². The van der Waals surface area contributed by atoms with Gasteiger partial charge in [-0.15, -0.1) is 0 Å². The highest BCUT2D eigenvalue weighted by molar-refractivity contribution is 5.25. The lowest BCUT2D eigenvalue weighted by atomic mass is 10.2. The summed E-state index contributed by atoms with van der Waals surface area (Å²) < 4.78 is 1.86. The molecule has 1 saturated heterocycles. The number of aryl methyl sites for hydroxylation is 2. The molecule has 19 heavy (non-hydrogen) atoms. The van der Waals surface area contributed by atoms with Crippen LogP contribution in [0.4, 0.5) is 0 Å². The average Bonchev–Trinajstić information content (AvgIpc) is 3.01. The topological polar surface area (TPSA) is 46.8 Å². The van der Waals surface area contributed by atoms with Crippen LogP contribution in [0.25, 0.3) is 5.82 Å². The van der Waals surface area contributed by atoms with Crippen LogP contribution in [0.5, 0.6) is 0 Å². The largest absolute Gasteiger partial charge is 0.299 e. The molecule has 0 unspecified atom stereocenters. The Hall–Kier alpha value is -1.75. The summed E-state index contributed by atoms with van der Waals surface area (Å²) in [5.41, 5.74) is 2.38. The van der Waals surface area contributed by atoms with E-state index < -0.39 is 0 Å². The molecule has 3 heterocycles. The Bertz CT molecular complexity index is 569. The highest BCUT2D eigenvalue weighted by Crippen LogP contribution is 2.16. The van der Waals surface area contributed by atoms with Crippen LogP contribution in [0.15, 0.2) is 18.5 Å². The smallest absolute Gasteiger partial charge is 0.156 e. The number of hydrogen-bond donors (Lipinski definition) is 0. The maximum atomic E-state index is 4.56. The van der Waals surface area contributed by atoms with Crippen molar-refractivity contribution in [2.45, 2.75) is 33.2 Å². The fourth-order valence-corrected chi connectivity index (χ4v) is 2.52. The van der Waals surface area contributed by atoms with Crippen molar-refractivity contribution in [1.29, 1.82) is 0 Å². The van der Waals surface area contributed by atoms with Crippen molar-refractivity contribution in [3.8, 4) is 5.82 Å². The van der Waals surface area contributed by atoms with E-state index in [-0.39, 0.29) is 0 Å². The van der Waals surface area contributed by atoms with Crippen LogP contribution in [0.1, 0.15) is 29.9 Å². The molecule has 1 fully saturated rings. The summed E-state index contributed by atoms with van der Waals surface area (Å²) in [5, 5.41) is 4.56. The standard InChI is InChI=1S/C14H19N5/c1-11-13(9-18-7-3-4-8-18)10-19(17-11)14-5-6-15-12(2)16-14/h5-6,10H,3-4,7-9H2,1-2H3. The predicted molar refractivity (Wildman–Crippen MR) is 73.1 cm³/mol. The number of aromatic nitrogens is 4. The minimum Gasteiger partial charge on any atom is -0.299 e. The normalized spacial score (nSPS) is 16.1. The van der Waals surface area contributed by atoms with E-state index >= 15 is 0 Å². The van der Waals surface area contributed by atoms with Crippen molar-refractivity contribution in [1.82, 2.24) is 24.6 Å². The highest BCUT2D eigenvalue weighted by atomic mass is 15.3. The molecule has 3 rings (SSSR count). The van der Waals surface area contributed by atoms with Crippen molar-refractivity contribution >= 4 is 0 Å². The van der Waals surface area contributed by atoms with Crippen molar-refractivity contribution < 1.29 is 0 Å². The molecular formula is C14H19N5. The molecular weight excluding hydrogens is 238 g/mol. The van der Waals surface area contributed by atoms with E-state index in [0.717, 1.165) is 23.9 Å². The zero-order valence-corrected chi connectivity index (χ0v) is 11.5. The van der Waals surface area contributed by atoms with Crippen LogP contribution in [0, 0.1) is 13.8 Å². The van der Waals surface area contributed by atoms with Gasteiger partial charge in [-0.3, -0.25) is 4.90 Å². The van der Waals surface area contributed by atoms with Gasteiger partial charge in [-0.1, -0.05) is 0 Å². The molecule has 1 aliphatic heterocycles. The molecule has 2 aromatic rings. The molecule has 0 aromatic carbocycles. The summed E-state index contributed by atoms with van der Waals surface area (Å²) in [7, 11) is 0. The minimum absolute atomic E-state index is 0.770. The minimum atomic E-state index is 0.770. The summed E-state index contributed by atoms with van der Waals surface area (Å²) in [6, 6.07) is 1.89. The first-order chi connectivity index (χ1) is 9.22. The van der Waals surface area contributed by atoms with Crippen molar-refractivity contribution in [3.05, 3.63) is 35.5 Å². The van der Waals surface area contributed by atoms with E-state index in [1.807, 2.05) is 17.7 Å². The van der Waals surface area contributed by atoms with Crippen LogP contribution in [-0.4, -0.2) is 37.7 Å². The first-order valence-corrected chi connectivity index (χ1v) is 6.80. The Labute approximate surface area is 113 Å². The van der Waals surface area contributed by atoms with E-state index in [1.165, 1.54) is 31.5 Å². The molecule has 100 valence electrons. The first kappa shape index (κ1) is 12.3. The Kier molecular flexibility index (Phi) is 3.29. The van der Waals surface area contributed by atoms with Gasteiger partial charge in [0.15, 0.2) is 5.82 Å². The average molecular weight is 257 g/mol. The number of rotatable bonds is 3. The zero-order chi connectivity index (χ0) is 13.2.